The Bertz CT molecular complexity index is 713. The van der Waals surface area contributed by atoms with E-state index in [-0.39, 0.29) is 17.1 Å². The second-order valence-corrected chi connectivity index (χ2v) is 9.97. The largest absolute Gasteiger partial charge is 0.481 e. The number of halogens is 1. The molecule has 6 nitrogen and oxygen atoms in total. The summed E-state index contributed by atoms with van der Waals surface area (Å²) in [5, 5.41) is 0.108. The molecular weight excluding hydrogens is 444 g/mol. The van der Waals surface area contributed by atoms with E-state index in [1.165, 1.54) is 11.8 Å². The second-order valence-electron chi connectivity index (χ2n) is 7.85. The van der Waals surface area contributed by atoms with Crippen LogP contribution in [0.3, 0.4) is 0 Å². The number of hydrogen-bond donors (Lipinski definition) is 0. The van der Waals surface area contributed by atoms with Gasteiger partial charge in [-0.05, 0) is 61.5 Å². The van der Waals surface area contributed by atoms with Crippen LogP contribution < -0.4 is 4.74 Å². The third-order valence-electron chi connectivity index (χ3n) is 4.47. The number of amides is 1. The van der Waals surface area contributed by atoms with E-state index >= 15 is 0 Å². The molecule has 1 aliphatic heterocycles. The van der Waals surface area contributed by atoms with Crippen LogP contribution in [0.25, 0.3) is 0 Å². The van der Waals surface area contributed by atoms with Gasteiger partial charge in [-0.1, -0.05) is 11.8 Å². The predicted octanol–water partition coefficient (Wildman–Crippen LogP) is 4.79. The summed E-state index contributed by atoms with van der Waals surface area (Å²) in [6, 6.07) is 2.08. The SMILES string of the molecule is COc1nc(CCSC(C)=O)c(Br)cc1C1CCN(C(=O)OC(C)(C)C)CC1. The maximum absolute atomic E-state index is 12.3. The van der Waals surface area contributed by atoms with Gasteiger partial charge in [0.2, 0.25) is 5.88 Å². The van der Waals surface area contributed by atoms with Crippen LogP contribution in [0.5, 0.6) is 5.88 Å². The van der Waals surface area contributed by atoms with Gasteiger partial charge in [0.05, 0.1) is 12.8 Å². The average Bonchev–Trinajstić information content (AvgIpc) is 2.61. The summed E-state index contributed by atoms with van der Waals surface area (Å²) in [4.78, 5) is 29.8. The Morgan fingerprint density at radius 2 is 1.96 bits per heavy atom. The number of carbonyl (C=O) groups is 2. The molecule has 0 aliphatic carbocycles. The number of thioether (sulfide) groups is 1. The molecule has 1 aromatic heterocycles. The van der Waals surface area contributed by atoms with Gasteiger partial charge >= 0.3 is 6.09 Å². The quantitative estimate of drug-likeness (QED) is 0.613. The standard InChI is InChI=1S/C20H29BrN2O4S/c1-13(24)28-11-8-17-16(21)12-15(18(22-17)26-5)14-6-9-23(10-7-14)19(25)27-20(2,3)4/h12,14H,6-11H2,1-5H3. The molecule has 0 bridgehead atoms. The Balaban J connectivity index is 2.04. The van der Waals surface area contributed by atoms with Crippen LogP contribution in [0.15, 0.2) is 10.5 Å². The lowest BCUT2D eigenvalue weighted by Crippen LogP contribution is -2.41. The fourth-order valence-electron chi connectivity index (χ4n) is 3.14. The van der Waals surface area contributed by atoms with Gasteiger partial charge in [-0.15, -0.1) is 0 Å². The van der Waals surface area contributed by atoms with Crippen LogP contribution in [-0.2, 0) is 16.0 Å². The van der Waals surface area contributed by atoms with Crippen LogP contribution in [0, 0.1) is 0 Å². The Morgan fingerprint density at radius 1 is 1.32 bits per heavy atom. The Labute approximate surface area is 179 Å². The fraction of sp³-hybridized carbons (Fsp3) is 0.650. The molecule has 1 amide bonds. The molecule has 28 heavy (non-hydrogen) atoms. The van der Waals surface area contributed by atoms with Crippen molar-refractivity contribution in [3.8, 4) is 5.88 Å². The number of pyridine rings is 1. The molecule has 2 heterocycles. The van der Waals surface area contributed by atoms with Crippen molar-refractivity contribution in [1.29, 1.82) is 0 Å². The van der Waals surface area contributed by atoms with Crippen molar-refractivity contribution in [1.82, 2.24) is 9.88 Å². The van der Waals surface area contributed by atoms with E-state index in [0.29, 0.717) is 31.1 Å². The number of methoxy groups -OCH3 is 1. The Kier molecular flexibility index (Phi) is 8.18. The molecule has 0 spiro atoms. The minimum absolute atomic E-state index is 0.108. The summed E-state index contributed by atoms with van der Waals surface area (Å²) in [6.45, 7) is 8.50. The summed E-state index contributed by atoms with van der Waals surface area (Å²) in [7, 11) is 1.63. The van der Waals surface area contributed by atoms with Crippen molar-refractivity contribution in [2.24, 2.45) is 0 Å². The van der Waals surface area contributed by atoms with Gasteiger partial charge in [0.1, 0.15) is 5.60 Å². The van der Waals surface area contributed by atoms with Crippen LogP contribution >= 0.6 is 27.7 Å². The minimum atomic E-state index is -0.484. The first-order valence-corrected chi connectivity index (χ1v) is 11.2. The normalized spacial score (nSPS) is 15.4. The number of hydrogen-bond acceptors (Lipinski definition) is 6. The Hall–Kier alpha value is -1.28. The Morgan fingerprint density at radius 3 is 2.50 bits per heavy atom. The summed E-state index contributed by atoms with van der Waals surface area (Å²) in [5.41, 5.74) is 1.46. The van der Waals surface area contributed by atoms with Gasteiger partial charge in [-0.3, -0.25) is 4.79 Å². The third kappa shape index (κ3) is 6.65. The fourth-order valence-corrected chi connectivity index (χ4v) is 4.26. The number of ether oxygens (including phenoxy) is 2. The number of aromatic nitrogens is 1. The number of carbonyl (C=O) groups excluding carboxylic acids is 2. The monoisotopic (exact) mass is 472 g/mol. The molecule has 0 N–H and O–H groups in total. The van der Waals surface area contributed by atoms with Crippen molar-refractivity contribution in [2.75, 3.05) is 26.0 Å². The number of piperidine rings is 1. The van der Waals surface area contributed by atoms with Crippen molar-refractivity contribution < 1.29 is 19.1 Å². The lowest BCUT2D eigenvalue weighted by molar-refractivity contribution is -0.109. The van der Waals surface area contributed by atoms with Gasteiger partial charge in [0, 0.05) is 42.2 Å². The van der Waals surface area contributed by atoms with Gasteiger partial charge in [0.25, 0.3) is 0 Å². The smallest absolute Gasteiger partial charge is 0.410 e. The van der Waals surface area contributed by atoms with E-state index in [1.54, 1.807) is 18.9 Å². The van der Waals surface area contributed by atoms with Gasteiger partial charge < -0.3 is 14.4 Å². The van der Waals surface area contributed by atoms with Crippen molar-refractivity contribution >= 4 is 38.9 Å². The molecule has 1 aliphatic rings. The second kappa shape index (κ2) is 9.96. The molecule has 0 aromatic carbocycles. The molecule has 0 radical (unpaired) electrons. The highest BCUT2D eigenvalue weighted by Gasteiger charge is 2.29. The maximum Gasteiger partial charge on any atom is 0.410 e. The zero-order chi connectivity index (χ0) is 20.9. The van der Waals surface area contributed by atoms with E-state index in [2.05, 4.69) is 27.0 Å². The molecule has 8 heteroatoms. The van der Waals surface area contributed by atoms with Gasteiger partial charge in [-0.2, -0.15) is 0 Å². The summed E-state index contributed by atoms with van der Waals surface area (Å²) in [6.07, 6.45) is 2.11. The molecule has 0 saturated carbocycles. The molecule has 1 saturated heterocycles. The first-order chi connectivity index (χ1) is 13.1. The number of aryl methyl sites for hydroxylation is 1. The van der Waals surface area contributed by atoms with Crippen LogP contribution in [-0.4, -0.2) is 52.6 Å². The highest BCUT2D eigenvalue weighted by Crippen LogP contribution is 2.36. The molecule has 1 fully saturated rings. The number of nitrogens with zero attached hydrogens (tertiary/aromatic N) is 2. The van der Waals surface area contributed by atoms with Crippen LogP contribution in [0.1, 0.15) is 57.7 Å². The number of likely N-dealkylation sites (tertiary alicyclic amines) is 1. The zero-order valence-electron chi connectivity index (χ0n) is 17.2. The van der Waals surface area contributed by atoms with Crippen molar-refractivity contribution in [2.45, 2.75) is 58.5 Å². The van der Waals surface area contributed by atoms with E-state index in [0.717, 1.165) is 28.6 Å². The van der Waals surface area contributed by atoms with E-state index in [4.69, 9.17) is 9.47 Å². The third-order valence-corrected chi connectivity index (χ3v) is 5.97. The summed E-state index contributed by atoms with van der Waals surface area (Å²) in [5.74, 6) is 1.59. The minimum Gasteiger partial charge on any atom is -0.481 e. The van der Waals surface area contributed by atoms with E-state index in [9.17, 15) is 9.59 Å². The molecule has 0 unspecified atom stereocenters. The molecule has 2 rings (SSSR count). The zero-order valence-corrected chi connectivity index (χ0v) is 19.6. The first-order valence-electron chi connectivity index (χ1n) is 9.45. The lowest BCUT2D eigenvalue weighted by Gasteiger charge is -2.34. The molecule has 156 valence electrons. The predicted molar refractivity (Wildman–Crippen MR) is 115 cm³/mol. The first kappa shape index (κ1) is 23.0. The van der Waals surface area contributed by atoms with Crippen LogP contribution in [0.2, 0.25) is 0 Å². The topological polar surface area (TPSA) is 68.7 Å². The summed E-state index contributed by atoms with van der Waals surface area (Å²) >= 11 is 4.91. The number of rotatable bonds is 5. The maximum atomic E-state index is 12.3. The molecule has 0 atom stereocenters. The molecule has 1 aromatic rings. The summed E-state index contributed by atoms with van der Waals surface area (Å²) < 4.78 is 12.0. The van der Waals surface area contributed by atoms with Gasteiger partial charge in [-0.25, -0.2) is 9.78 Å². The highest BCUT2D eigenvalue weighted by atomic mass is 79.9. The molecular formula is C20H29BrN2O4S. The van der Waals surface area contributed by atoms with Crippen molar-refractivity contribution in [3.63, 3.8) is 0 Å². The lowest BCUT2D eigenvalue weighted by atomic mass is 9.90. The van der Waals surface area contributed by atoms with E-state index < -0.39 is 5.60 Å². The van der Waals surface area contributed by atoms with Crippen LogP contribution in [0.4, 0.5) is 4.79 Å². The van der Waals surface area contributed by atoms with E-state index in [1.807, 2.05) is 20.8 Å². The van der Waals surface area contributed by atoms with Gasteiger partial charge in [0.15, 0.2) is 5.12 Å². The average molecular weight is 473 g/mol. The van der Waals surface area contributed by atoms with Crippen molar-refractivity contribution in [3.05, 3.63) is 21.8 Å². The highest BCUT2D eigenvalue weighted by molar-refractivity contribution is 9.10.